The van der Waals surface area contributed by atoms with E-state index in [2.05, 4.69) is 20.4 Å². The molecule has 0 aliphatic carbocycles. The van der Waals surface area contributed by atoms with Crippen molar-refractivity contribution in [3.05, 3.63) is 64.3 Å². The topological polar surface area (TPSA) is 125 Å². The molecule has 0 aliphatic rings. The number of benzene rings is 1. The number of halogens is 1. The van der Waals surface area contributed by atoms with Crippen LogP contribution in [0.25, 0.3) is 16.2 Å². The maximum Gasteiger partial charge on any atom is 0.378 e. The summed E-state index contributed by atoms with van der Waals surface area (Å²) in [5.41, 5.74) is 2.30. The van der Waals surface area contributed by atoms with Crippen molar-refractivity contribution in [1.29, 1.82) is 0 Å². The fourth-order valence-corrected chi connectivity index (χ4v) is 4.24. The van der Waals surface area contributed by atoms with Gasteiger partial charge in [0.2, 0.25) is 0 Å². The fourth-order valence-electron chi connectivity index (χ4n) is 3.22. The van der Waals surface area contributed by atoms with E-state index < -0.39 is 30.3 Å². The number of fused-ring (bicyclic) bond motifs is 1. The maximum absolute atomic E-state index is 13.3. The van der Waals surface area contributed by atoms with Gasteiger partial charge in [0.05, 0.1) is 12.3 Å². The van der Waals surface area contributed by atoms with Gasteiger partial charge in [0.25, 0.3) is 17.5 Å². The first-order valence-electron chi connectivity index (χ1n) is 10.5. The quantitative estimate of drug-likeness (QED) is 0.384. The minimum Gasteiger partial charge on any atom is -0.462 e. The van der Waals surface area contributed by atoms with Gasteiger partial charge in [0, 0.05) is 16.3 Å². The normalized spacial score (nSPS) is 10.9. The number of anilines is 1. The molecule has 180 valence electrons. The van der Waals surface area contributed by atoms with E-state index in [0.717, 1.165) is 22.7 Å². The summed E-state index contributed by atoms with van der Waals surface area (Å²) in [6.07, 6.45) is 0. The van der Waals surface area contributed by atoms with Crippen LogP contribution in [0, 0.1) is 19.7 Å². The highest BCUT2D eigenvalue weighted by Crippen LogP contribution is 2.35. The minimum atomic E-state index is -0.898. The van der Waals surface area contributed by atoms with Crippen molar-refractivity contribution in [3.63, 3.8) is 0 Å². The summed E-state index contributed by atoms with van der Waals surface area (Å²) in [5.74, 6) is -2.59. The number of hydrogen-bond donors (Lipinski definition) is 1. The number of nitrogens with zero attached hydrogens (tertiary/aromatic N) is 4. The van der Waals surface area contributed by atoms with Crippen LogP contribution < -0.4 is 5.32 Å². The Morgan fingerprint density at radius 1 is 1.06 bits per heavy atom. The number of aryl methyl sites for hydroxylation is 2. The Morgan fingerprint density at radius 3 is 2.51 bits per heavy atom. The highest BCUT2D eigenvalue weighted by molar-refractivity contribution is 7.18. The number of nitrogens with one attached hydrogen (secondary N) is 1. The highest BCUT2D eigenvalue weighted by Gasteiger charge is 2.22. The lowest BCUT2D eigenvalue weighted by molar-refractivity contribution is -0.119. The zero-order valence-electron chi connectivity index (χ0n) is 19.0. The number of aromatic nitrogens is 4. The van der Waals surface area contributed by atoms with Crippen LogP contribution in [-0.4, -0.2) is 50.6 Å². The van der Waals surface area contributed by atoms with Gasteiger partial charge >= 0.3 is 11.9 Å². The molecule has 0 radical (unpaired) electrons. The van der Waals surface area contributed by atoms with Crippen molar-refractivity contribution in [1.82, 2.24) is 19.6 Å². The number of ether oxygens (including phenoxy) is 2. The lowest BCUT2D eigenvalue weighted by Crippen LogP contribution is -2.22. The predicted octanol–water partition coefficient (Wildman–Crippen LogP) is 3.58. The molecule has 1 amide bonds. The SMILES string of the molecule is CCOC(=O)c1sc(-c2ccc(F)cc2)cc1NC(=O)COC(=O)c1nc2nc(C)cc(C)n2n1. The Labute approximate surface area is 202 Å². The molecule has 4 aromatic rings. The number of rotatable bonds is 7. The van der Waals surface area contributed by atoms with Gasteiger partial charge in [-0.1, -0.05) is 12.1 Å². The fraction of sp³-hybridized carbons (Fsp3) is 0.217. The van der Waals surface area contributed by atoms with Crippen molar-refractivity contribution < 1.29 is 28.2 Å². The number of carbonyl (C=O) groups is 3. The molecule has 0 aliphatic heterocycles. The van der Waals surface area contributed by atoms with E-state index >= 15 is 0 Å². The summed E-state index contributed by atoms with van der Waals surface area (Å²) >= 11 is 1.09. The molecule has 1 N–H and O–H groups in total. The summed E-state index contributed by atoms with van der Waals surface area (Å²) in [5, 5.41) is 6.63. The number of amides is 1. The van der Waals surface area contributed by atoms with Gasteiger partial charge in [0.15, 0.2) is 6.61 Å². The lowest BCUT2D eigenvalue weighted by atomic mass is 10.2. The van der Waals surface area contributed by atoms with Crippen LogP contribution in [0.1, 0.15) is 38.6 Å². The van der Waals surface area contributed by atoms with Crippen LogP contribution >= 0.6 is 11.3 Å². The van der Waals surface area contributed by atoms with E-state index in [9.17, 15) is 18.8 Å². The Balaban J connectivity index is 1.47. The molecule has 3 aromatic heterocycles. The zero-order chi connectivity index (χ0) is 25.1. The van der Waals surface area contributed by atoms with Gasteiger partial charge in [-0.05, 0) is 50.6 Å². The van der Waals surface area contributed by atoms with Gasteiger partial charge < -0.3 is 14.8 Å². The van der Waals surface area contributed by atoms with Gasteiger partial charge in [-0.15, -0.1) is 16.4 Å². The largest absolute Gasteiger partial charge is 0.462 e. The first-order valence-corrected chi connectivity index (χ1v) is 11.3. The summed E-state index contributed by atoms with van der Waals surface area (Å²) in [6.45, 7) is 4.76. The zero-order valence-corrected chi connectivity index (χ0v) is 19.8. The molecule has 3 heterocycles. The Hall–Kier alpha value is -4.19. The second-order valence-electron chi connectivity index (χ2n) is 7.39. The average Bonchev–Trinajstić information content (AvgIpc) is 3.43. The first kappa shape index (κ1) is 24.0. The number of hydrogen-bond acceptors (Lipinski definition) is 9. The second-order valence-corrected chi connectivity index (χ2v) is 8.44. The second kappa shape index (κ2) is 9.97. The van der Waals surface area contributed by atoms with Crippen molar-refractivity contribution in [3.8, 4) is 10.4 Å². The monoisotopic (exact) mass is 497 g/mol. The number of carbonyl (C=O) groups excluding carboxylic acids is 3. The highest BCUT2D eigenvalue weighted by atomic mass is 32.1. The van der Waals surface area contributed by atoms with E-state index in [0.29, 0.717) is 10.4 Å². The molecule has 10 nitrogen and oxygen atoms in total. The Morgan fingerprint density at radius 2 is 1.80 bits per heavy atom. The van der Waals surface area contributed by atoms with Crippen LogP contribution in [-0.2, 0) is 14.3 Å². The summed E-state index contributed by atoms with van der Waals surface area (Å²) in [6, 6.07) is 9.06. The molecule has 0 saturated carbocycles. The van der Waals surface area contributed by atoms with Gasteiger partial charge in [-0.3, -0.25) is 4.79 Å². The van der Waals surface area contributed by atoms with Crippen LogP contribution in [0.4, 0.5) is 10.1 Å². The van der Waals surface area contributed by atoms with Gasteiger partial charge in [-0.25, -0.2) is 23.5 Å². The molecule has 12 heteroatoms. The minimum absolute atomic E-state index is 0.146. The summed E-state index contributed by atoms with van der Waals surface area (Å²) in [7, 11) is 0. The van der Waals surface area contributed by atoms with Crippen molar-refractivity contribution in [2.75, 3.05) is 18.5 Å². The Kier molecular flexibility index (Phi) is 6.82. The number of thiophene rings is 1. The third-order valence-electron chi connectivity index (χ3n) is 4.73. The van der Waals surface area contributed by atoms with E-state index in [1.54, 1.807) is 45.0 Å². The lowest BCUT2D eigenvalue weighted by Gasteiger charge is -2.06. The molecule has 0 bridgehead atoms. The first-order chi connectivity index (χ1) is 16.7. The summed E-state index contributed by atoms with van der Waals surface area (Å²) < 4.78 is 24.8. The molecule has 0 unspecified atom stereocenters. The van der Waals surface area contributed by atoms with E-state index in [-0.39, 0.29) is 28.8 Å². The molecule has 0 fully saturated rings. The standard InChI is InChI=1S/C23H20FN5O5S/c1-4-33-21(31)19-16(10-17(35-19)14-5-7-15(24)8-6-14)26-18(30)11-34-22(32)20-27-23-25-12(2)9-13(3)29(23)28-20/h5-10H,4,11H2,1-3H3,(H,26,30). The molecule has 4 rings (SSSR count). The molecule has 0 atom stereocenters. The van der Waals surface area contributed by atoms with Crippen molar-refractivity contribution >= 4 is 40.6 Å². The number of esters is 2. The third kappa shape index (κ3) is 5.32. The summed E-state index contributed by atoms with van der Waals surface area (Å²) in [4.78, 5) is 46.3. The smallest absolute Gasteiger partial charge is 0.378 e. The molecular formula is C23H20FN5O5S. The van der Waals surface area contributed by atoms with Crippen LogP contribution in [0.5, 0.6) is 0 Å². The van der Waals surface area contributed by atoms with Gasteiger partial charge in [-0.2, -0.15) is 4.98 Å². The average molecular weight is 498 g/mol. The van der Waals surface area contributed by atoms with Crippen molar-refractivity contribution in [2.24, 2.45) is 0 Å². The molecule has 1 aromatic carbocycles. The van der Waals surface area contributed by atoms with E-state index in [1.807, 2.05) is 0 Å². The van der Waals surface area contributed by atoms with E-state index in [4.69, 9.17) is 9.47 Å². The maximum atomic E-state index is 13.3. The van der Waals surface area contributed by atoms with Gasteiger partial charge in [0.1, 0.15) is 10.7 Å². The molecular weight excluding hydrogens is 477 g/mol. The van der Waals surface area contributed by atoms with Crippen molar-refractivity contribution in [2.45, 2.75) is 20.8 Å². The third-order valence-corrected chi connectivity index (χ3v) is 5.90. The van der Waals surface area contributed by atoms with Crippen LogP contribution in [0.15, 0.2) is 36.4 Å². The van der Waals surface area contributed by atoms with Crippen LogP contribution in [0.3, 0.4) is 0 Å². The Bertz CT molecular complexity index is 1430. The predicted molar refractivity (Wildman–Crippen MR) is 125 cm³/mol. The van der Waals surface area contributed by atoms with E-state index in [1.165, 1.54) is 16.6 Å². The molecule has 0 spiro atoms. The molecule has 0 saturated heterocycles. The molecule has 35 heavy (non-hydrogen) atoms. The van der Waals surface area contributed by atoms with Crippen LogP contribution in [0.2, 0.25) is 0 Å².